The van der Waals surface area contributed by atoms with Crippen LogP contribution in [0.5, 0.6) is 5.75 Å². The highest BCUT2D eigenvalue weighted by Gasteiger charge is 2.19. The van der Waals surface area contributed by atoms with Gasteiger partial charge in [0.15, 0.2) is 5.82 Å². The van der Waals surface area contributed by atoms with Crippen molar-refractivity contribution in [3.05, 3.63) is 24.3 Å². The molecule has 0 saturated carbocycles. The summed E-state index contributed by atoms with van der Waals surface area (Å²) in [5, 5.41) is 0. The van der Waals surface area contributed by atoms with Gasteiger partial charge in [0.2, 0.25) is 0 Å². The van der Waals surface area contributed by atoms with Gasteiger partial charge in [0, 0.05) is 31.2 Å². The van der Waals surface area contributed by atoms with Gasteiger partial charge in [0.05, 0.1) is 7.11 Å². The predicted molar refractivity (Wildman–Crippen MR) is 81.3 cm³/mol. The summed E-state index contributed by atoms with van der Waals surface area (Å²) < 4.78 is 36.5. The second-order valence-electron chi connectivity index (χ2n) is 4.28. The Labute approximate surface area is 127 Å². The number of hydrogen-bond acceptors (Lipinski definition) is 6. The standard InChI is InChI=1S/C12H14N4O3S2/c1-16(2)8-13-21(17,18)12-14-11(15-20-12)9-5-4-6-10(7-9)19-3/h4-8H,1-3H3. The molecule has 0 atom stereocenters. The van der Waals surface area contributed by atoms with E-state index in [2.05, 4.69) is 13.8 Å². The molecule has 0 radical (unpaired) electrons. The van der Waals surface area contributed by atoms with Crippen molar-refractivity contribution in [2.45, 2.75) is 4.34 Å². The maximum Gasteiger partial charge on any atom is 0.312 e. The smallest absolute Gasteiger partial charge is 0.312 e. The monoisotopic (exact) mass is 326 g/mol. The Morgan fingerprint density at radius 3 is 2.81 bits per heavy atom. The topological polar surface area (TPSA) is 84.8 Å². The van der Waals surface area contributed by atoms with E-state index in [1.165, 1.54) is 11.2 Å². The van der Waals surface area contributed by atoms with E-state index >= 15 is 0 Å². The van der Waals surface area contributed by atoms with Crippen LogP contribution in [0.4, 0.5) is 0 Å². The summed E-state index contributed by atoms with van der Waals surface area (Å²) in [6.45, 7) is 0. The molecule has 0 fully saturated rings. The predicted octanol–water partition coefficient (Wildman–Crippen LogP) is 1.49. The van der Waals surface area contributed by atoms with E-state index in [0.29, 0.717) is 17.1 Å². The van der Waals surface area contributed by atoms with Crippen LogP contribution in [0, 0.1) is 0 Å². The fourth-order valence-corrected chi connectivity index (χ4v) is 3.06. The van der Waals surface area contributed by atoms with Crippen LogP contribution in [0.2, 0.25) is 0 Å². The summed E-state index contributed by atoms with van der Waals surface area (Å²) in [6.07, 6.45) is 1.21. The molecule has 1 heterocycles. The van der Waals surface area contributed by atoms with E-state index in [1.807, 2.05) is 0 Å². The van der Waals surface area contributed by atoms with E-state index in [9.17, 15) is 8.42 Å². The number of rotatable bonds is 5. The van der Waals surface area contributed by atoms with E-state index in [0.717, 1.165) is 11.5 Å². The second kappa shape index (κ2) is 6.19. The van der Waals surface area contributed by atoms with Crippen LogP contribution in [0.3, 0.4) is 0 Å². The van der Waals surface area contributed by atoms with Crippen LogP contribution in [0.25, 0.3) is 11.4 Å². The Bertz CT molecular complexity index is 753. The van der Waals surface area contributed by atoms with Crippen molar-refractivity contribution in [2.24, 2.45) is 4.40 Å². The summed E-state index contributed by atoms with van der Waals surface area (Å²) in [5.41, 5.74) is 0.684. The molecule has 0 N–H and O–H groups in total. The molecule has 21 heavy (non-hydrogen) atoms. The van der Waals surface area contributed by atoms with Crippen molar-refractivity contribution < 1.29 is 13.2 Å². The average Bonchev–Trinajstić information content (AvgIpc) is 2.96. The molecule has 2 rings (SSSR count). The van der Waals surface area contributed by atoms with Gasteiger partial charge in [-0.25, -0.2) is 4.98 Å². The third-order valence-electron chi connectivity index (χ3n) is 2.37. The van der Waals surface area contributed by atoms with Crippen LogP contribution in [0.1, 0.15) is 0 Å². The first kappa shape index (κ1) is 15.4. The highest BCUT2D eigenvalue weighted by molar-refractivity contribution is 7.92. The minimum Gasteiger partial charge on any atom is -0.497 e. The number of methoxy groups -OCH3 is 1. The Kier molecular flexibility index (Phi) is 4.53. The highest BCUT2D eigenvalue weighted by atomic mass is 32.2. The van der Waals surface area contributed by atoms with Crippen LogP contribution in [-0.4, -0.2) is 50.2 Å². The molecule has 2 aromatic rings. The van der Waals surface area contributed by atoms with Gasteiger partial charge >= 0.3 is 10.0 Å². The zero-order valence-corrected chi connectivity index (χ0v) is 13.3. The van der Waals surface area contributed by atoms with Crippen LogP contribution in [0.15, 0.2) is 33.0 Å². The minimum absolute atomic E-state index is 0.140. The first-order valence-corrected chi connectivity index (χ1v) is 8.09. The molecule has 9 heteroatoms. The number of sulfonamides is 1. The van der Waals surface area contributed by atoms with Gasteiger partial charge in [-0.15, -0.1) is 4.40 Å². The fourth-order valence-electron chi connectivity index (χ4n) is 1.40. The molecule has 7 nitrogen and oxygen atoms in total. The molecule has 0 aliphatic carbocycles. The summed E-state index contributed by atoms with van der Waals surface area (Å²) in [4.78, 5) is 5.57. The fraction of sp³-hybridized carbons (Fsp3) is 0.250. The zero-order chi connectivity index (χ0) is 15.5. The molecule has 0 unspecified atom stereocenters. The highest BCUT2D eigenvalue weighted by Crippen LogP contribution is 2.24. The van der Waals surface area contributed by atoms with E-state index in [4.69, 9.17) is 4.74 Å². The zero-order valence-electron chi connectivity index (χ0n) is 11.7. The number of aromatic nitrogens is 2. The third kappa shape index (κ3) is 3.76. The van der Waals surface area contributed by atoms with E-state index < -0.39 is 10.0 Å². The van der Waals surface area contributed by atoms with Gasteiger partial charge in [-0.2, -0.15) is 12.8 Å². The van der Waals surface area contributed by atoms with Gasteiger partial charge < -0.3 is 9.64 Å². The quantitative estimate of drug-likeness (QED) is 0.611. The van der Waals surface area contributed by atoms with Gasteiger partial charge in [-0.1, -0.05) is 12.1 Å². The number of ether oxygens (including phenoxy) is 1. The number of benzene rings is 1. The normalized spacial score (nSPS) is 11.8. The summed E-state index contributed by atoms with van der Waals surface area (Å²) in [6, 6.07) is 7.09. The summed E-state index contributed by atoms with van der Waals surface area (Å²) in [5.74, 6) is 0.981. The summed E-state index contributed by atoms with van der Waals surface area (Å²) >= 11 is 0.794. The Hall–Kier alpha value is -2.00. The molecule has 0 amide bonds. The molecule has 112 valence electrons. The third-order valence-corrected chi connectivity index (χ3v) is 4.64. The van der Waals surface area contributed by atoms with E-state index in [1.54, 1.807) is 45.5 Å². The Morgan fingerprint density at radius 1 is 1.38 bits per heavy atom. The van der Waals surface area contributed by atoms with Gasteiger partial charge in [-0.05, 0) is 12.1 Å². The van der Waals surface area contributed by atoms with Crippen LogP contribution >= 0.6 is 11.5 Å². The molecule has 0 bridgehead atoms. The number of nitrogens with zero attached hydrogens (tertiary/aromatic N) is 4. The second-order valence-corrected chi connectivity index (χ2v) is 6.83. The number of hydrogen-bond donors (Lipinski definition) is 0. The SMILES string of the molecule is COc1cccc(-c2nsc(S(=O)(=O)N=CN(C)C)n2)c1. The van der Waals surface area contributed by atoms with Crippen LogP contribution < -0.4 is 4.74 Å². The van der Waals surface area contributed by atoms with E-state index in [-0.39, 0.29) is 4.34 Å². The van der Waals surface area contributed by atoms with Crippen molar-refractivity contribution in [3.8, 4) is 17.1 Å². The Morgan fingerprint density at radius 2 is 2.14 bits per heavy atom. The van der Waals surface area contributed by atoms with Gasteiger partial charge in [0.25, 0.3) is 4.34 Å². The van der Waals surface area contributed by atoms with Crippen molar-refractivity contribution in [1.82, 2.24) is 14.3 Å². The molecule has 0 spiro atoms. The molecule has 1 aromatic carbocycles. The molecule has 0 aliphatic heterocycles. The van der Waals surface area contributed by atoms with Crippen molar-refractivity contribution >= 4 is 27.9 Å². The lowest BCUT2D eigenvalue weighted by Gasteiger charge is -2.01. The summed E-state index contributed by atoms with van der Waals surface area (Å²) in [7, 11) is 1.10. The van der Waals surface area contributed by atoms with Crippen LogP contribution in [-0.2, 0) is 10.0 Å². The molecule has 1 aromatic heterocycles. The lowest BCUT2D eigenvalue weighted by Crippen LogP contribution is -2.10. The first-order valence-electron chi connectivity index (χ1n) is 5.87. The lowest BCUT2D eigenvalue weighted by atomic mass is 10.2. The largest absolute Gasteiger partial charge is 0.497 e. The minimum atomic E-state index is -3.82. The first-order chi connectivity index (χ1) is 9.92. The molecule has 0 aliphatic rings. The lowest BCUT2D eigenvalue weighted by molar-refractivity contribution is 0.415. The molecular formula is C12H14N4O3S2. The molecule has 0 saturated heterocycles. The van der Waals surface area contributed by atoms with Gasteiger partial charge in [-0.3, -0.25) is 0 Å². The molecular weight excluding hydrogens is 312 g/mol. The average molecular weight is 326 g/mol. The van der Waals surface area contributed by atoms with Crippen molar-refractivity contribution in [3.63, 3.8) is 0 Å². The van der Waals surface area contributed by atoms with Crippen molar-refractivity contribution in [2.75, 3.05) is 21.2 Å². The van der Waals surface area contributed by atoms with Gasteiger partial charge in [0.1, 0.15) is 12.1 Å². The maximum atomic E-state index is 12.0. The Balaban J connectivity index is 2.33. The van der Waals surface area contributed by atoms with Crippen molar-refractivity contribution in [1.29, 1.82) is 0 Å². The maximum absolute atomic E-state index is 12.0.